The molecule has 7 heteroatoms. The quantitative estimate of drug-likeness (QED) is 0.602. The van der Waals surface area contributed by atoms with E-state index < -0.39 is 0 Å². The van der Waals surface area contributed by atoms with Crippen molar-refractivity contribution < 1.29 is 14.3 Å². The van der Waals surface area contributed by atoms with Crippen molar-refractivity contribution in [3.05, 3.63) is 36.2 Å². The minimum absolute atomic E-state index is 0.205. The number of thioether (sulfide) groups is 1. The fraction of sp³-hybridized carbons (Fsp3) is 0.357. The van der Waals surface area contributed by atoms with E-state index >= 15 is 0 Å². The van der Waals surface area contributed by atoms with Gasteiger partial charge in [0.05, 0.1) is 12.9 Å². The van der Waals surface area contributed by atoms with Crippen molar-refractivity contribution in [1.29, 1.82) is 0 Å². The number of methoxy groups -OCH3 is 1. The number of hydrogen-bond acceptors (Lipinski definition) is 6. The maximum Gasteiger partial charge on any atom is 0.316 e. The number of aromatic nitrogens is 3. The van der Waals surface area contributed by atoms with E-state index in [1.807, 2.05) is 48.9 Å². The number of nitrogens with zero attached hydrogens (tertiary/aromatic N) is 3. The highest BCUT2D eigenvalue weighted by Crippen LogP contribution is 2.23. The molecule has 0 bridgehead atoms. The Bertz CT molecular complexity index is 601. The van der Waals surface area contributed by atoms with Crippen LogP contribution in [0.15, 0.2) is 35.5 Å². The number of para-hydroxylation sites is 1. The maximum absolute atomic E-state index is 11.2. The van der Waals surface area contributed by atoms with Crippen LogP contribution < -0.4 is 4.74 Å². The lowest BCUT2D eigenvalue weighted by molar-refractivity contribution is -0.137. The Morgan fingerprint density at radius 1 is 1.33 bits per heavy atom. The number of benzene rings is 1. The van der Waals surface area contributed by atoms with Gasteiger partial charge in [0.25, 0.3) is 0 Å². The number of esters is 1. The first-order valence-corrected chi connectivity index (χ1v) is 7.41. The third-order valence-electron chi connectivity index (χ3n) is 2.84. The summed E-state index contributed by atoms with van der Waals surface area (Å²) >= 11 is 1.28. The Labute approximate surface area is 127 Å². The molecule has 0 aliphatic rings. The van der Waals surface area contributed by atoms with Crippen LogP contribution in [0.3, 0.4) is 0 Å². The zero-order valence-corrected chi connectivity index (χ0v) is 13.0. The van der Waals surface area contributed by atoms with E-state index in [2.05, 4.69) is 14.9 Å². The van der Waals surface area contributed by atoms with E-state index in [0.29, 0.717) is 11.0 Å². The Balaban J connectivity index is 2.03. The molecule has 0 aliphatic carbocycles. The van der Waals surface area contributed by atoms with Crippen molar-refractivity contribution in [2.45, 2.75) is 18.2 Å². The first kappa shape index (κ1) is 15.4. The Morgan fingerprint density at radius 3 is 2.71 bits per heavy atom. The van der Waals surface area contributed by atoms with E-state index in [4.69, 9.17) is 4.74 Å². The molecular formula is C14H17N3O3S. The van der Waals surface area contributed by atoms with Crippen LogP contribution in [0.25, 0.3) is 0 Å². The topological polar surface area (TPSA) is 66.2 Å². The molecule has 0 amide bonds. The van der Waals surface area contributed by atoms with Crippen LogP contribution in [0, 0.1) is 0 Å². The molecule has 1 aromatic heterocycles. The second kappa shape index (κ2) is 7.12. The lowest BCUT2D eigenvalue weighted by Crippen LogP contribution is -2.10. The summed E-state index contributed by atoms with van der Waals surface area (Å²) in [5.41, 5.74) is 0. The predicted molar refractivity (Wildman–Crippen MR) is 79.2 cm³/mol. The number of hydrogen-bond donors (Lipinski definition) is 0. The van der Waals surface area contributed by atoms with Gasteiger partial charge in [-0.15, -0.1) is 10.2 Å². The summed E-state index contributed by atoms with van der Waals surface area (Å²) in [7, 11) is 3.21. The van der Waals surface area contributed by atoms with Crippen LogP contribution >= 0.6 is 11.8 Å². The maximum atomic E-state index is 11.2. The van der Waals surface area contributed by atoms with Crippen molar-refractivity contribution in [3.63, 3.8) is 0 Å². The van der Waals surface area contributed by atoms with Gasteiger partial charge in [0.2, 0.25) is 0 Å². The van der Waals surface area contributed by atoms with Gasteiger partial charge in [-0.2, -0.15) is 0 Å². The van der Waals surface area contributed by atoms with Gasteiger partial charge in [-0.25, -0.2) is 0 Å². The molecule has 1 atom stereocenters. The molecule has 0 aliphatic heterocycles. The highest BCUT2D eigenvalue weighted by atomic mass is 32.2. The molecular weight excluding hydrogens is 290 g/mol. The molecule has 0 N–H and O–H groups in total. The predicted octanol–water partition coefficient (Wildman–Crippen LogP) is 2.22. The summed E-state index contributed by atoms with van der Waals surface area (Å²) in [5.74, 6) is 1.39. The summed E-state index contributed by atoms with van der Waals surface area (Å²) in [4.78, 5) is 11.2. The minimum Gasteiger partial charge on any atom is -0.483 e. The Morgan fingerprint density at radius 2 is 2.05 bits per heavy atom. The van der Waals surface area contributed by atoms with Gasteiger partial charge in [0.15, 0.2) is 17.1 Å². The van der Waals surface area contributed by atoms with Crippen molar-refractivity contribution in [1.82, 2.24) is 14.8 Å². The van der Waals surface area contributed by atoms with Gasteiger partial charge in [-0.05, 0) is 19.1 Å². The van der Waals surface area contributed by atoms with Gasteiger partial charge in [0.1, 0.15) is 5.75 Å². The summed E-state index contributed by atoms with van der Waals surface area (Å²) in [6, 6.07) is 9.54. The fourth-order valence-corrected chi connectivity index (χ4v) is 2.49. The van der Waals surface area contributed by atoms with Crippen LogP contribution in [-0.2, 0) is 16.6 Å². The summed E-state index contributed by atoms with van der Waals surface area (Å²) in [6.45, 7) is 1.91. The molecule has 6 nitrogen and oxygen atoms in total. The lowest BCUT2D eigenvalue weighted by atomic mass is 10.3. The highest BCUT2D eigenvalue weighted by Gasteiger charge is 2.17. The molecule has 2 rings (SSSR count). The van der Waals surface area contributed by atoms with Gasteiger partial charge >= 0.3 is 5.97 Å². The highest BCUT2D eigenvalue weighted by molar-refractivity contribution is 7.99. The number of rotatable bonds is 6. The molecule has 0 radical (unpaired) electrons. The number of carbonyl (C=O) groups excluding carboxylic acids is 1. The molecule has 0 saturated heterocycles. The summed E-state index contributed by atoms with van der Waals surface area (Å²) in [6.07, 6.45) is -0.239. The van der Waals surface area contributed by atoms with Gasteiger partial charge in [-0.1, -0.05) is 30.0 Å². The molecule has 112 valence electrons. The Hall–Kier alpha value is -2.02. The zero-order valence-electron chi connectivity index (χ0n) is 12.1. The lowest BCUT2D eigenvalue weighted by Gasteiger charge is -2.14. The van der Waals surface area contributed by atoms with Crippen molar-refractivity contribution in [2.75, 3.05) is 12.9 Å². The molecule has 1 aromatic carbocycles. The van der Waals surface area contributed by atoms with E-state index in [1.54, 1.807) is 0 Å². The molecule has 1 unspecified atom stereocenters. The van der Waals surface area contributed by atoms with Crippen LogP contribution in [0.5, 0.6) is 5.75 Å². The van der Waals surface area contributed by atoms with Gasteiger partial charge in [-0.3, -0.25) is 4.79 Å². The van der Waals surface area contributed by atoms with Crippen molar-refractivity contribution in [3.8, 4) is 5.75 Å². The van der Waals surface area contributed by atoms with E-state index in [-0.39, 0.29) is 17.8 Å². The van der Waals surface area contributed by atoms with Crippen LogP contribution in [0.2, 0.25) is 0 Å². The van der Waals surface area contributed by atoms with Crippen molar-refractivity contribution in [2.24, 2.45) is 7.05 Å². The molecule has 21 heavy (non-hydrogen) atoms. The third-order valence-corrected chi connectivity index (χ3v) is 3.83. The second-order valence-corrected chi connectivity index (χ2v) is 5.28. The smallest absolute Gasteiger partial charge is 0.316 e. The van der Waals surface area contributed by atoms with E-state index in [0.717, 1.165) is 5.75 Å². The summed E-state index contributed by atoms with van der Waals surface area (Å²) in [5, 5.41) is 8.86. The third kappa shape index (κ3) is 3.98. The van der Waals surface area contributed by atoms with Crippen LogP contribution in [0.1, 0.15) is 18.9 Å². The van der Waals surface area contributed by atoms with Crippen LogP contribution in [0.4, 0.5) is 0 Å². The molecule has 0 spiro atoms. The Kier molecular flexibility index (Phi) is 5.21. The minimum atomic E-state index is -0.293. The van der Waals surface area contributed by atoms with Crippen LogP contribution in [-0.4, -0.2) is 33.6 Å². The average molecular weight is 307 g/mol. The number of ether oxygens (including phenoxy) is 2. The first-order valence-electron chi connectivity index (χ1n) is 6.42. The molecule has 0 saturated carbocycles. The SMILES string of the molecule is COC(=O)CSc1nnc(C(C)Oc2ccccc2)n1C. The molecule has 0 fully saturated rings. The fourth-order valence-electron chi connectivity index (χ4n) is 1.74. The second-order valence-electron chi connectivity index (χ2n) is 4.34. The van der Waals surface area contributed by atoms with Gasteiger partial charge < -0.3 is 14.0 Å². The van der Waals surface area contributed by atoms with Crippen molar-refractivity contribution >= 4 is 17.7 Å². The monoisotopic (exact) mass is 307 g/mol. The number of carbonyl (C=O) groups is 1. The summed E-state index contributed by atoms with van der Waals surface area (Å²) < 4.78 is 12.2. The zero-order chi connectivity index (χ0) is 15.2. The van der Waals surface area contributed by atoms with Gasteiger partial charge in [0, 0.05) is 7.05 Å². The average Bonchev–Trinajstić information content (AvgIpc) is 2.87. The van der Waals surface area contributed by atoms with E-state index in [1.165, 1.54) is 18.9 Å². The largest absolute Gasteiger partial charge is 0.483 e. The van der Waals surface area contributed by atoms with E-state index in [9.17, 15) is 4.79 Å². The molecule has 2 aromatic rings. The standard InChI is InChI=1S/C14H17N3O3S/c1-10(20-11-7-5-4-6-8-11)13-15-16-14(17(13)2)21-9-12(18)19-3/h4-8,10H,9H2,1-3H3. The molecule has 1 heterocycles. The normalized spacial score (nSPS) is 12.0. The first-order chi connectivity index (χ1) is 10.1.